The van der Waals surface area contributed by atoms with Crippen LogP contribution in [0, 0.1) is 0 Å². The van der Waals surface area contributed by atoms with Gasteiger partial charge in [0, 0.05) is 5.56 Å². The second-order valence-electron chi connectivity index (χ2n) is 7.61. The summed E-state index contributed by atoms with van der Waals surface area (Å²) >= 11 is 0. The third kappa shape index (κ3) is 7.94. The van der Waals surface area contributed by atoms with Gasteiger partial charge in [0.25, 0.3) is 0 Å². The molecule has 0 spiro atoms. The topological polar surface area (TPSA) is 128 Å². The molecular formula is C22H32N2O6P+. The number of rotatable bonds is 11. The molecule has 31 heavy (non-hydrogen) atoms. The van der Waals surface area contributed by atoms with E-state index in [4.69, 9.17) is 9.05 Å². The molecule has 0 heterocycles. The van der Waals surface area contributed by atoms with Crippen LogP contribution in [-0.4, -0.2) is 39.7 Å². The minimum Gasteiger partial charge on any atom is -0.616 e. The molecule has 170 valence electrons. The maximum absolute atomic E-state index is 13.4. The highest BCUT2D eigenvalue weighted by Crippen LogP contribution is 2.52. The average Bonchev–Trinajstić information content (AvgIpc) is 2.70. The summed E-state index contributed by atoms with van der Waals surface area (Å²) in [5, 5.41) is 33.5. The largest absolute Gasteiger partial charge is 0.616 e. The van der Waals surface area contributed by atoms with Crippen LogP contribution in [0.1, 0.15) is 50.9 Å². The molecule has 2 aromatic rings. The highest BCUT2D eigenvalue weighted by molar-refractivity contribution is 7.57. The molecular weight excluding hydrogens is 419 g/mol. The van der Waals surface area contributed by atoms with Gasteiger partial charge < -0.3 is 20.2 Å². The van der Waals surface area contributed by atoms with E-state index in [1.54, 1.807) is 82.3 Å². The van der Waals surface area contributed by atoms with Crippen molar-refractivity contribution >= 4 is 14.0 Å². The first-order chi connectivity index (χ1) is 14.6. The highest BCUT2D eigenvalue weighted by Gasteiger charge is 2.41. The van der Waals surface area contributed by atoms with Crippen molar-refractivity contribution in [3.8, 4) is 0 Å². The maximum Gasteiger partial charge on any atom is 0.359 e. The molecule has 8 nitrogen and oxygen atoms in total. The van der Waals surface area contributed by atoms with Gasteiger partial charge in [-0.1, -0.05) is 60.7 Å². The minimum absolute atomic E-state index is 0.368. The van der Waals surface area contributed by atoms with Gasteiger partial charge in [-0.25, -0.2) is 4.99 Å². The maximum atomic E-state index is 13.4. The Morgan fingerprint density at radius 1 is 0.871 bits per heavy atom. The quantitative estimate of drug-likeness (QED) is 0.151. The number of aliphatic hydroxyl groups excluding tert-OH is 2. The summed E-state index contributed by atoms with van der Waals surface area (Å²) in [6, 6.07) is 15.5. The lowest BCUT2D eigenvalue weighted by Gasteiger charge is -2.32. The standard InChI is InChI=1S/C22H31N2O6P/c1-15(2)29-31(28,30-16(3)4)24-19(17-11-7-5-8-12-17)21(25)23-20(22(26)27)18-13-9-6-10-14-18/h5-16,19-20,22,26-27H,1-4H3,(H,23,25)(H,24,28)/p+1/t19-,20-/m0/s1. The minimum atomic E-state index is -3.84. The Morgan fingerprint density at radius 2 is 1.32 bits per heavy atom. The van der Waals surface area contributed by atoms with Gasteiger partial charge in [0.2, 0.25) is 12.3 Å². The Kier molecular flexibility index (Phi) is 9.53. The fraction of sp³-hybridized carbons (Fsp3) is 0.409. The lowest BCUT2D eigenvalue weighted by atomic mass is 10.1. The molecule has 0 aliphatic rings. The fourth-order valence-electron chi connectivity index (χ4n) is 2.97. The monoisotopic (exact) mass is 451 g/mol. The van der Waals surface area contributed by atoms with Crippen LogP contribution in [0.15, 0.2) is 60.7 Å². The van der Waals surface area contributed by atoms with Crippen LogP contribution in [0.5, 0.6) is 0 Å². The van der Waals surface area contributed by atoms with E-state index in [1.807, 2.05) is 6.07 Å². The third-order valence-electron chi connectivity index (χ3n) is 4.15. The molecule has 0 amide bonds. The van der Waals surface area contributed by atoms with E-state index in [2.05, 4.69) is 10.1 Å². The van der Waals surface area contributed by atoms with Gasteiger partial charge in [-0.15, -0.1) is 5.09 Å². The molecule has 0 aliphatic carbocycles. The fourth-order valence-corrected chi connectivity index (χ4v) is 4.84. The van der Waals surface area contributed by atoms with Crippen molar-refractivity contribution in [3.63, 3.8) is 0 Å². The van der Waals surface area contributed by atoms with Crippen molar-refractivity contribution < 1.29 is 34.3 Å². The number of nitrogens with one attached hydrogen (secondary N) is 2. The van der Waals surface area contributed by atoms with Crippen molar-refractivity contribution in [1.82, 2.24) is 5.09 Å². The van der Waals surface area contributed by atoms with Crippen LogP contribution in [-0.2, 0) is 9.05 Å². The molecule has 0 bridgehead atoms. The molecule has 0 aliphatic heterocycles. The zero-order chi connectivity index (χ0) is 23.0. The van der Waals surface area contributed by atoms with E-state index in [-0.39, 0.29) is 5.90 Å². The van der Waals surface area contributed by atoms with Crippen LogP contribution in [0.4, 0.5) is 0 Å². The Bertz CT molecular complexity index is 807. The molecule has 9 heteroatoms. The number of benzene rings is 2. The molecule has 0 aromatic heterocycles. The van der Waals surface area contributed by atoms with E-state index in [1.165, 1.54) is 0 Å². The summed E-state index contributed by atoms with van der Waals surface area (Å²) in [5.74, 6) is -0.368. The summed E-state index contributed by atoms with van der Waals surface area (Å²) in [7, 11) is -3.84. The Balaban J connectivity index is 2.46. The normalized spacial score (nSPS) is 15.0. The van der Waals surface area contributed by atoms with Gasteiger partial charge in [-0.3, -0.25) is 0 Å². The van der Waals surface area contributed by atoms with Crippen LogP contribution < -0.4 is 15.0 Å². The first-order valence-corrected chi connectivity index (χ1v) is 11.7. The van der Waals surface area contributed by atoms with Crippen molar-refractivity contribution in [2.75, 3.05) is 0 Å². The summed E-state index contributed by atoms with van der Waals surface area (Å²) in [6.45, 7) is 6.91. The van der Waals surface area contributed by atoms with Crippen LogP contribution >= 0.6 is 8.09 Å². The van der Waals surface area contributed by atoms with E-state index in [0.717, 1.165) is 0 Å². The van der Waals surface area contributed by atoms with E-state index in [0.29, 0.717) is 11.1 Å². The van der Waals surface area contributed by atoms with Crippen molar-refractivity contribution in [2.45, 2.75) is 58.3 Å². The van der Waals surface area contributed by atoms with Crippen molar-refractivity contribution in [1.29, 1.82) is 0 Å². The zero-order valence-electron chi connectivity index (χ0n) is 18.2. The molecule has 2 aromatic carbocycles. The van der Waals surface area contributed by atoms with Gasteiger partial charge in [-0.2, -0.15) is 9.05 Å². The van der Waals surface area contributed by atoms with Crippen LogP contribution in [0.3, 0.4) is 0 Å². The zero-order valence-corrected chi connectivity index (χ0v) is 19.1. The summed E-state index contributed by atoms with van der Waals surface area (Å²) in [5.41, 5.74) is 1.13. The molecule has 0 radical (unpaired) electrons. The molecule has 2 rings (SSSR count). The molecule has 0 saturated carbocycles. The number of hydrogen-bond acceptors (Lipinski definition) is 6. The second kappa shape index (κ2) is 11.6. The van der Waals surface area contributed by atoms with Gasteiger partial charge in [0.1, 0.15) is 12.2 Å². The first kappa shape index (κ1) is 25.4. The Hall–Kier alpha value is -1.90. The van der Waals surface area contributed by atoms with E-state index in [9.17, 15) is 20.2 Å². The average molecular weight is 451 g/mol. The summed E-state index contributed by atoms with van der Waals surface area (Å²) < 4.78 is 11.1. The van der Waals surface area contributed by atoms with Crippen LogP contribution in [0.25, 0.3) is 0 Å². The van der Waals surface area contributed by atoms with E-state index < -0.39 is 38.7 Å². The summed E-state index contributed by atoms with van der Waals surface area (Å²) in [6.07, 6.45) is -2.61. The predicted molar refractivity (Wildman–Crippen MR) is 118 cm³/mol. The van der Waals surface area contributed by atoms with Gasteiger partial charge >= 0.3 is 14.0 Å². The molecule has 5 N–H and O–H groups in total. The molecule has 2 atom stereocenters. The first-order valence-electron chi connectivity index (χ1n) is 10.1. The molecule has 0 fully saturated rings. The van der Waals surface area contributed by atoms with E-state index >= 15 is 0 Å². The van der Waals surface area contributed by atoms with Gasteiger partial charge in [-0.05, 0) is 33.3 Å². The smallest absolute Gasteiger partial charge is 0.359 e. The number of hydrogen-bond donors (Lipinski definition) is 5. The lowest BCUT2D eigenvalue weighted by Crippen LogP contribution is -2.79. The predicted octanol–water partition coefficient (Wildman–Crippen LogP) is 1.29. The highest BCUT2D eigenvalue weighted by atomic mass is 31.2. The summed E-state index contributed by atoms with van der Waals surface area (Å²) in [4.78, 5) is 16.1. The molecule has 0 unspecified atom stereocenters. The second-order valence-corrected chi connectivity index (χ2v) is 9.28. The Labute approximate surface area is 183 Å². The lowest BCUT2D eigenvalue weighted by molar-refractivity contribution is -0.546. The third-order valence-corrected chi connectivity index (χ3v) is 6.13. The van der Waals surface area contributed by atoms with Crippen LogP contribution in [0.2, 0.25) is 0 Å². The van der Waals surface area contributed by atoms with Crippen molar-refractivity contribution in [3.05, 3.63) is 71.8 Å². The Morgan fingerprint density at radius 3 is 1.74 bits per heavy atom. The molecule has 0 saturated heterocycles. The van der Waals surface area contributed by atoms with Gasteiger partial charge in [0.05, 0.1) is 0 Å². The SMILES string of the molecule is CC(C)O[P+]([O-])(N[C@H](C(O)=[NH+][C@@H](c1ccccc1)C(O)O)c1ccccc1)OC(C)C. The number of aliphatic hydroxyl groups is 3. The van der Waals surface area contributed by atoms with Gasteiger partial charge in [0.15, 0.2) is 6.04 Å². The van der Waals surface area contributed by atoms with Crippen molar-refractivity contribution in [2.24, 2.45) is 0 Å².